The molecule has 0 aliphatic rings. The summed E-state index contributed by atoms with van der Waals surface area (Å²) in [7, 11) is 0. The lowest BCUT2D eigenvalue weighted by molar-refractivity contribution is -0.159. The summed E-state index contributed by atoms with van der Waals surface area (Å²) in [5, 5.41) is 8.09. The molecule has 2 aromatic heterocycles. The van der Waals surface area contributed by atoms with E-state index in [2.05, 4.69) is 25.0 Å². The molecule has 0 bridgehead atoms. The van der Waals surface area contributed by atoms with Crippen molar-refractivity contribution in [1.82, 2.24) is 24.9 Å². The van der Waals surface area contributed by atoms with Crippen LogP contribution >= 0.6 is 0 Å². The van der Waals surface area contributed by atoms with Crippen LogP contribution in [0.2, 0.25) is 0 Å². The molecule has 0 fully saturated rings. The number of ether oxygens (including phenoxy) is 1. The summed E-state index contributed by atoms with van der Waals surface area (Å²) < 4.78 is 75.8. The predicted molar refractivity (Wildman–Crippen MR) is 105 cm³/mol. The van der Waals surface area contributed by atoms with E-state index >= 15 is 0 Å². The van der Waals surface area contributed by atoms with E-state index in [1.807, 2.05) is 0 Å². The Hall–Kier alpha value is -3.83. The molecule has 172 valence electrons. The maximum atomic E-state index is 12.9. The van der Waals surface area contributed by atoms with Gasteiger partial charge in [-0.15, -0.1) is 5.10 Å². The normalized spacial score (nSPS) is 12.2. The average molecular weight is 465 g/mol. The van der Waals surface area contributed by atoms with E-state index < -0.39 is 17.8 Å². The third kappa shape index (κ3) is 5.33. The molecule has 2 aromatic carbocycles. The van der Waals surface area contributed by atoms with E-state index in [0.717, 1.165) is 12.1 Å². The first-order valence-corrected chi connectivity index (χ1v) is 9.57. The van der Waals surface area contributed by atoms with Crippen molar-refractivity contribution >= 4 is 0 Å². The summed E-state index contributed by atoms with van der Waals surface area (Å²) in [5.74, 6) is 0.677. The Morgan fingerprint density at radius 1 is 0.970 bits per heavy atom. The van der Waals surface area contributed by atoms with E-state index in [4.69, 9.17) is 4.52 Å². The van der Waals surface area contributed by atoms with Crippen molar-refractivity contribution in [2.75, 3.05) is 0 Å². The van der Waals surface area contributed by atoms with Crippen LogP contribution in [-0.4, -0.2) is 31.0 Å². The van der Waals surface area contributed by atoms with Gasteiger partial charge >= 0.3 is 12.3 Å². The molecule has 0 saturated carbocycles. The van der Waals surface area contributed by atoms with E-state index in [0.29, 0.717) is 23.9 Å². The highest BCUT2D eigenvalue weighted by Gasteiger charge is 2.30. The standard InChI is InChI=1S/C21H16F5N5O2/c1-12-27-18(29-31(12)11-13-4-3-5-15(10-13)21(24,25)26)19-28-17(30-33-19)14-6-8-16(9-7-14)32-20(2,22)23/h3-10H,11H2,1-2H3. The molecule has 0 unspecified atom stereocenters. The highest BCUT2D eigenvalue weighted by atomic mass is 19.4. The number of alkyl halides is 5. The second-order valence-electron chi connectivity index (χ2n) is 7.20. The molecule has 12 heteroatoms. The lowest BCUT2D eigenvalue weighted by Crippen LogP contribution is -2.18. The van der Waals surface area contributed by atoms with Gasteiger partial charge in [0.25, 0.3) is 5.89 Å². The van der Waals surface area contributed by atoms with E-state index in [9.17, 15) is 22.0 Å². The van der Waals surface area contributed by atoms with Crippen LogP contribution in [-0.2, 0) is 12.7 Å². The minimum Gasteiger partial charge on any atom is -0.433 e. The zero-order chi connectivity index (χ0) is 23.8. The number of nitrogens with zero attached hydrogens (tertiary/aromatic N) is 5. The Balaban J connectivity index is 1.52. The number of aryl methyl sites for hydroxylation is 1. The fourth-order valence-corrected chi connectivity index (χ4v) is 2.99. The second kappa shape index (κ2) is 8.26. The molecule has 0 aliphatic heterocycles. The fraction of sp³-hybridized carbons (Fsp3) is 0.238. The minimum atomic E-state index is -4.44. The van der Waals surface area contributed by atoms with Crippen LogP contribution in [0.1, 0.15) is 23.9 Å². The maximum Gasteiger partial charge on any atom is 0.416 e. The number of rotatable bonds is 6. The van der Waals surface area contributed by atoms with Crippen molar-refractivity contribution in [3.05, 3.63) is 65.5 Å². The van der Waals surface area contributed by atoms with Gasteiger partial charge in [-0.05, 0) is 48.9 Å². The molecule has 2 heterocycles. The van der Waals surface area contributed by atoms with Crippen LogP contribution in [0.3, 0.4) is 0 Å². The fourth-order valence-electron chi connectivity index (χ4n) is 2.99. The van der Waals surface area contributed by atoms with Gasteiger partial charge in [-0.1, -0.05) is 17.3 Å². The van der Waals surface area contributed by atoms with Crippen LogP contribution in [0.4, 0.5) is 22.0 Å². The van der Waals surface area contributed by atoms with Crippen molar-refractivity contribution in [3.63, 3.8) is 0 Å². The Kier molecular flexibility index (Phi) is 5.60. The second-order valence-corrected chi connectivity index (χ2v) is 7.20. The van der Waals surface area contributed by atoms with Gasteiger partial charge in [0.05, 0.1) is 12.1 Å². The third-order valence-electron chi connectivity index (χ3n) is 4.47. The summed E-state index contributed by atoms with van der Waals surface area (Å²) in [6.45, 7) is 2.34. The molecule has 33 heavy (non-hydrogen) atoms. The smallest absolute Gasteiger partial charge is 0.416 e. The molecule has 0 amide bonds. The van der Waals surface area contributed by atoms with Gasteiger partial charge in [-0.3, -0.25) is 0 Å². The first-order chi connectivity index (χ1) is 15.5. The highest BCUT2D eigenvalue weighted by Crippen LogP contribution is 2.30. The molecule has 4 aromatic rings. The highest BCUT2D eigenvalue weighted by molar-refractivity contribution is 5.57. The topological polar surface area (TPSA) is 78.9 Å². The first-order valence-electron chi connectivity index (χ1n) is 9.57. The van der Waals surface area contributed by atoms with Crippen LogP contribution in [0, 0.1) is 6.92 Å². The van der Waals surface area contributed by atoms with E-state index in [-0.39, 0.29) is 29.8 Å². The van der Waals surface area contributed by atoms with Gasteiger partial charge in [0.2, 0.25) is 11.6 Å². The number of aromatic nitrogens is 5. The molecule has 0 spiro atoms. The van der Waals surface area contributed by atoms with Gasteiger partial charge < -0.3 is 9.26 Å². The maximum absolute atomic E-state index is 12.9. The molecular formula is C21H16F5N5O2. The lowest BCUT2D eigenvalue weighted by Gasteiger charge is -2.12. The quantitative estimate of drug-likeness (QED) is 0.357. The summed E-state index contributed by atoms with van der Waals surface area (Å²) in [5.41, 5.74) is 0.131. The summed E-state index contributed by atoms with van der Waals surface area (Å²) in [4.78, 5) is 8.45. The van der Waals surface area contributed by atoms with Crippen LogP contribution in [0.25, 0.3) is 23.1 Å². The van der Waals surface area contributed by atoms with Gasteiger partial charge in [0.15, 0.2) is 0 Å². The zero-order valence-electron chi connectivity index (χ0n) is 17.3. The Bertz CT molecular complexity index is 1260. The van der Waals surface area contributed by atoms with Gasteiger partial charge in [-0.2, -0.15) is 26.9 Å². The molecule has 0 saturated heterocycles. The predicted octanol–water partition coefficient (Wildman–Crippen LogP) is 5.36. The van der Waals surface area contributed by atoms with Crippen LogP contribution < -0.4 is 4.74 Å². The Labute approximate surface area is 183 Å². The molecule has 4 rings (SSSR count). The summed E-state index contributed by atoms with van der Waals surface area (Å²) in [6, 6.07) is 10.6. The molecule has 7 nitrogen and oxygen atoms in total. The van der Waals surface area contributed by atoms with Crippen molar-refractivity contribution in [2.24, 2.45) is 0 Å². The number of hydrogen-bond acceptors (Lipinski definition) is 6. The number of halogens is 5. The van der Waals surface area contributed by atoms with Gasteiger partial charge in [0.1, 0.15) is 11.6 Å². The van der Waals surface area contributed by atoms with Crippen molar-refractivity contribution in [3.8, 4) is 28.9 Å². The molecular weight excluding hydrogens is 449 g/mol. The molecule has 0 aliphatic carbocycles. The van der Waals surface area contributed by atoms with Crippen molar-refractivity contribution in [1.29, 1.82) is 0 Å². The van der Waals surface area contributed by atoms with Gasteiger partial charge in [0, 0.05) is 12.5 Å². The lowest BCUT2D eigenvalue weighted by atomic mass is 10.1. The number of hydrogen-bond donors (Lipinski definition) is 0. The monoisotopic (exact) mass is 465 g/mol. The van der Waals surface area contributed by atoms with Crippen LogP contribution in [0.15, 0.2) is 53.1 Å². The zero-order valence-corrected chi connectivity index (χ0v) is 17.3. The van der Waals surface area contributed by atoms with Crippen LogP contribution in [0.5, 0.6) is 5.75 Å². The van der Waals surface area contributed by atoms with Crippen molar-refractivity contribution < 1.29 is 31.2 Å². The first kappa shape index (κ1) is 22.4. The van der Waals surface area contributed by atoms with E-state index in [1.54, 1.807) is 13.0 Å². The largest absolute Gasteiger partial charge is 0.433 e. The van der Waals surface area contributed by atoms with E-state index in [1.165, 1.54) is 35.0 Å². The summed E-state index contributed by atoms with van der Waals surface area (Å²) >= 11 is 0. The molecule has 0 radical (unpaired) electrons. The minimum absolute atomic E-state index is 0.00342. The molecule has 0 atom stereocenters. The van der Waals surface area contributed by atoms with Gasteiger partial charge in [-0.25, -0.2) is 9.67 Å². The Morgan fingerprint density at radius 3 is 2.36 bits per heavy atom. The average Bonchev–Trinajstić information content (AvgIpc) is 3.34. The summed E-state index contributed by atoms with van der Waals surface area (Å²) in [6.07, 6.45) is -7.75. The molecule has 0 N–H and O–H groups in total. The van der Waals surface area contributed by atoms with Crippen molar-refractivity contribution in [2.45, 2.75) is 32.7 Å². The third-order valence-corrected chi connectivity index (χ3v) is 4.47. The SMILES string of the molecule is Cc1nc(-c2nc(-c3ccc(OC(C)(F)F)cc3)no2)nn1Cc1cccc(C(F)(F)F)c1. The Morgan fingerprint density at radius 2 is 1.70 bits per heavy atom. The number of benzene rings is 2.